The average Bonchev–Trinajstić information content (AvgIpc) is 2.82. The number of nitrogens with one attached hydrogen (secondary N) is 1. The van der Waals surface area contributed by atoms with Crippen molar-refractivity contribution in [2.45, 2.75) is 38.1 Å². The van der Waals surface area contributed by atoms with Crippen LogP contribution < -0.4 is 5.32 Å². The molecule has 1 aliphatic rings. The largest absolute Gasteiger partial charge is 0.417 e. The maximum Gasteiger partial charge on any atom is 0.417 e. The Balaban J connectivity index is 1.97. The van der Waals surface area contributed by atoms with Crippen molar-refractivity contribution in [3.63, 3.8) is 0 Å². The Bertz CT molecular complexity index is 385. The summed E-state index contributed by atoms with van der Waals surface area (Å²) in [7, 11) is 0. The molecule has 0 bridgehead atoms. The second kappa shape index (κ2) is 5.14. The van der Waals surface area contributed by atoms with E-state index >= 15 is 0 Å². The molecule has 0 amide bonds. The number of hydrogen-bond acceptors (Lipinski definition) is 3. The van der Waals surface area contributed by atoms with Crippen LogP contribution in [0.4, 0.5) is 19.0 Å². The van der Waals surface area contributed by atoms with Crippen molar-refractivity contribution in [1.29, 1.82) is 0 Å². The molecule has 100 valence electrons. The van der Waals surface area contributed by atoms with E-state index < -0.39 is 11.7 Å². The third-order valence-corrected chi connectivity index (χ3v) is 2.99. The quantitative estimate of drug-likeness (QED) is 0.906. The lowest BCUT2D eigenvalue weighted by Gasteiger charge is -2.20. The van der Waals surface area contributed by atoms with Gasteiger partial charge in [-0.2, -0.15) is 13.2 Å². The van der Waals surface area contributed by atoms with Gasteiger partial charge in [0.25, 0.3) is 0 Å². The molecule has 0 aromatic carbocycles. The number of halogens is 3. The molecule has 0 spiro atoms. The fourth-order valence-corrected chi connectivity index (χ4v) is 1.97. The minimum Gasteiger partial charge on any atom is -0.376 e. The molecule has 3 nitrogen and oxygen atoms in total. The van der Waals surface area contributed by atoms with Crippen molar-refractivity contribution in [1.82, 2.24) is 4.98 Å². The first kappa shape index (κ1) is 13.1. The predicted octanol–water partition coefficient (Wildman–Crippen LogP) is 3.08. The van der Waals surface area contributed by atoms with E-state index in [0.717, 1.165) is 31.7 Å². The molecule has 0 saturated carbocycles. The molecule has 1 aromatic rings. The highest BCUT2D eigenvalue weighted by Crippen LogP contribution is 2.29. The van der Waals surface area contributed by atoms with E-state index in [0.29, 0.717) is 5.82 Å². The summed E-state index contributed by atoms with van der Waals surface area (Å²) in [5.74, 6) is 0.436. The number of alkyl halides is 3. The minimum atomic E-state index is -4.34. The summed E-state index contributed by atoms with van der Waals surface area (Å²) in [6.07, 6.45) is -1.41. The summed E-state index contributed by atoms with van der Waals surface area (Å²) in [5.41, 5.74) is -0.738. The van der Waals surface area contributed by atoms with Crippen LogP contribution in [0, 0.1) is 0 Å². The summed E-state index contributed by atoms with van der Waals surface area (Å²) >= 11 is 0. The molecule has 1 aliphatic heterocycles. The van der Waals surface area contributed by atoms with Gasteiger partial charge in [-0.05, 0) is 31.9 Å². The molecule has 0 radical (unpaired) electrons. The van der Waals surface area contributed by atoms with Crippen molar-refractivity contribution in [2.24, 2.45) is 0 Å². The van der Waals surface area contributed by atoms with Crippen LogP contribution in [0.25, 0.3) is 0 Å². The van der Waals surface area contributed by atoms with Gasteiger partial charge in [-0.25, -0.2) is 4.98 Å². The lowest BCUT2D eigenvalue weighted by atomic mass is 10.1. The van der Waals surface area contributed by atoms with Crippen molar-refractivity contribution in [3.8, 4) is 0 Å². The monoisotopic (exact) mass is 260 g/mol. The molecule has 1 aromatic heterocycles. The third kappa shape index (κ3) is 3.13. The number of aromatic nitrogens is 1. The minimum absolute atomic E-state index is 0.0386. The van der Waals surface area contributed by atoms with Gasteiger partial charge in [-0.1, -0.05) is 0 Å². The molecule has 18 heavy (non-hydrogen) atoms. The molecule has 1 N–H and O–H groups in total. The Morgan fingerprint density at radius 3 is 2.72 bits per heavy atom. The van der Waals surface area contributed by atoms with Crippen molar-refractivity contribution in [3.05, 3.63) is 23.9 Å². The molecule has 2 unspecified atom stereocenters. The number of anilines is 1. The first-order valence-corrected chi connectivity index (χ1v) is 5.88. The molecule has 1 saturated heterocycles. The Morgan fingerprint density at radius 1 is 1.44 bits per heavy atom. The number of hydrogen-bond donors (Lipinski definition) is 1. The fraction of sp³-hybridized carbons (Fsp3) is 0.583. The van der Waals surface area contributed by atoms with Crippen LogP contribution in [0.15, 0.2) is 18.3 Å². The summed E-state index contributed by atoms with van der Waals surface area (Å²) in [4.78, 5) is 3.77. The standard InChI is InChI=1S/C12H15F3N2O/c1-8(10-3-2-6-18-10)17-11-5-4-9(7-16-11)12(13,14)15/h4-5,7-8,10H,2-3,6H2,1H3,(H,16,17). The summed E-state index contributed by atoms with van der Waals surface area (Å²) < 4.78 is 42.5. The van der Waals surface area contributed by atoms with Gasteiger partial charge in [0.1, 0.15) is 5.82 Å². The molecule has 0 aliphatic carbocycles. The van der Waals surface area contributed by atoms with E-state index in [9.17, 15) is 13.2 Å². The zero-order valence-corrected chi connectivity index (χ0v) is 10.00. The van der Waals surface area contributed by atoms with Crippen LogP contribution in [0.2, 0.25) is 0 Å². The zero-order valence-electron chi connectivity index (χ0n) is 10.00. The second-order valence-corrected chi connectivity index (χ2v) is 4.41. The van der Waals surface area contributed by atoms with Crippen LogP contribution in [0.3, 0.4) is 0 Å². The van der Waals surface area contributed by atoms with Crippen LogP contribution in [0.5, 0.6) is 0 Å². The number of ether oxygens (including phenoxy) is 1. The van der Waals surface area contributed by atoms with E-state index in [2.05, 4.69) is 10.3 Å². The van der Waals surface area contributed by atoms with Gasteiger partial charge in [0, 0.05) is 12.8 Å². The van der Waals surface area contributed by atoms with Gasteiger partial charge >= 0.3 is 6.18 Å². The Morgan fingerprint density at radius 2 is 2.22 bits per heavy atom. The van der Waals surface area contributed by atoms with Gasteiger partial charge in [0.2, 0.25) is 0 Å². The van der Waals surface area contributed by atoms with E-state index in [1.165, 1.54) is 6.07 Å². The second-order valence-electron chi connectivity index (χ2n) is 4.41. The van der Waals surface area contributed by atoms with Crippen LogP contribution in [0.1, 0.15) is 25.3 Å². The average molecular weight is 260 g/mol. The maximum absolute atomic E-state index is 12.3. The van der Waals surface area contributed by atoms with Gasteiger partial charge < -0.3 is 10.1 Å². The Labute approximate surface area is 103 Å². The first-order chi connectivity index (χ1) is 8.47. The van der Waals surface area contributed by atoms with E-state index in [4.69, 9.17) is 4.74 Å². The summed E-state index contributed by atoms with van der Waals surface area (Å²) in [5, 5.41) is 3.06. The molecule has 2 rings (SSSR count). The Hall–Kier alpha value is -1.30. The normalized spacial score (nSPS) is 21.9. The fourth-order valence-electron chi connectivity index (χ4n) is 1.97. The van der Waals surface area contributed by atoms with E-state index in [-0.39, 0.29) is 12.1 Å². The predicted molar refractivity (Wildman–Crippen MR) is 61.3 cm³/mol. The number of nitrogens with zero attached hydrogens (tertiary/aromatic N) is 1. The molecule has 1 fully saturated rings. The van der Waals surface area contributed by atoms with Crippen LogP contribution in [-0.2, 0) is 10.9 Å². The topological polar surface area (TPSA) is 34.2 Å². The maximum atomic E-state index is 12.3. The zero-order chi connectivity index (χ0) is 13.2. The first-order valence-electron chi connectivity index (χ1n) is 5.88. The van der Waals surface area contributed by atoms with E-state index in [1.54, 1.807) is 0 Å². The number of pyridine rings is 1. The SMILES string of the molecule is CC(Nc1ccc(C(F)(F)F)cn1)C1CCCO1. The molecular formula is C12H15F3N2O. The van der Waals surface area contributed by atoms with Gasteiger partial charge in [0.15, 0.2) is 0 Å². The molecule has 2 atom stereocenters. The van der Waals surface area contributed by atoms with E-state index in [1.807, 2.05) is 6.92 Å². The van der Waals surface area contributed by atoms with Gasteiger partial charge in [-0.3, -0.25) is 0 Å². The molecule has 6 heteroatoms. The van der Waals surface area contributed by atoms with Crippen molar-refractivity contribution in [2.75, 3.05) is 11.9 Å². The smallest absolute Gasteiger partial charge is 0.376 e. The van der Waals surface area contributed by atoms with Gasteiger partial charge in [-0.15, -0.1) is 0 Å². The lowest BCUT2D eigenvalue weighted by molar-refractivity contribution is -0.137. The van der Waals surface area contributed by atoms with Crippen molar-refractivity contribution < 1.29 is 17.9 Å². The highest BCUT2D eigenvalue weighted by Gasteiger charge is 2.30. The Kier molecular flexibility index (Phi) is 3.75. The van der Waals surface area contributed by atoms with Gasteiger partial charge in [0.05, 0.1) is 17.7 Å². The van der Waals surface area contributed by atoms with Crippen LogP contribution in [-0.4, -0.2) is 23.7 Å². The summed E-state index contributed by atoms with van der Waals surface area (Å²) in [6.45, 7) is 2.69. The number of rotatable bonds is 3. The lowest BCUT2D eigenvalue weighted by Crippen LogP contribution is -2.30. The highest BCUT2D eigenvalue weighted by atomic mass is 19.4. The van der Waals surface area contributed by atoms with Crippen LogP contribution >= 0.6 is 0 Å². The molecular weight excluding hydrogens is 245 g/mol. The third-order valence-electron chi connectivity index (χ3n) is 2.99. The summed E-state index contributed by atoms with van der Waals surface area (Å²) in [6, 6.07) is 2.41. The van der Waals surface area contributed by atoms with Crippen molar-refractivity contribution >= 4 is 5.82 Å². The highest BCUT2D eigenvalue weighted by molar-refractivity contribution is 5.37. The molecule has 2 heterocycles.